The van der Waals surface area contributed by atoms with Crippen molar-refractivity contribution in [2.75, 3.05) is 16.5 Å². The minimum absolute atomic E-state index is 0.0826. The Bertz CT molecular complexity index is 1340. The monoisotopic (exact) mass is 451 g/mol. The molecule has 0 bridgehead atoms. The van der Waals surface area contributed by atoms with Crippen LogP contribution in [0.5, 0.6) is 0 Å². The number of carboxylic acid groups (broad SMARTS) is 1. The molecule has 1 N–H and O–H groups in total. The average molecular weight is 452 g/mol. The molecule has 2 aliphatic heterocycles. The van der Waals surface area contributed by atoms with Gasteiger partial charge in [-0.1, -0.05) is 41.5 Å². The van der Waals surface area contributed by atoms with Crippen molar-refractivity contribution < 1.29 is 14.7 Å². The predicted octanol–water partition coefficient (Wildman–Crippen LogP) is 5.26. The van der Waals surface area contributed by atoms with E-state index in [1.165, 1.54) is 11.1 Å². The molecule has 0 saturated heterocycles. The van der Waals surface area contributed by atoms with Gasteiger partial charge in [0.15, 0.2) is 5.71 Å². The summed E-state index contributed by atoms with van der Waals surface area (Å²) in [6, 6.07) is 21.8. The summed E-state index contributed by atoms with van der Waals surface area (Å²) in [6.45, 7) is 4.96. The van der Waals surface area contributed by atoms with Crippen LogP contribution in [0.1, 0.15) is 28.7 Å². The van der Waals surface area contributed by atoms with Crippen molar-refractivity contribution in [3.8, 4) is 0 Å². The summed E-state index contributed by atoms with van der Waals surface area (Å²) in [4.78, 5) is 27.3. The van der Waals surface area contributed by atoms with Gasteiger partial charge in [-0.3, -0.25) is 4.79 Å². The lowest BCUT2D eigenvalue weighted by Crippen LogP contribution is -2.24. The third kappa shape index (κ3) is 3.99. The molecule has 0 aromatic heterocycles. The number of nitrogens with zero attached hydrogens (tertiary/aromatic N) is 3. The Morgan fingerprint density at radius 1 is 0.941 bits per heavy atom. The van der Waals surface area contributed by atoms with Gasteiger partial charge >= 0.3 is 5.97 Å². The number of amides is 1. The molecule has 0 fully saturated rings. The Morgan fingerprint density at radius 2 is 1.59 bits per heavy atom. The van der Waals surface area contributed by atoms with Crippen LogP contribution in [-0.2, 0) is 16.0 Å². The second kappa shape index (κ2) is 8.63. The molecular formula is C28H25N3O3. The van der Waals surface area contributed by atoms with Crippen LogP contribution in [0.4, 0.5) is 17.1 Å². The lowest BCUT2D eigenvalue weighted by molar-refractivity contribution is -0.129. The van der Waals surface area contributed by atoms with E-state index in [1.54, 1.807) is 18.2 Å². The van der Waals surface area contributed by atoms with E-state index in [0.717, 1.165) is 46.9 Å². The Labute approximate surface area is 198 Å². The molecule has 0 radical (unpaired) electrons. The van der Waals surface area contributed by atoms with Crippen LogP contribution >= 0.6 is 0 Å². The summed E-state index contributed by atoms with van der Waals surface area (Å²) in [7, 11) is 0. The number of fused-ring (bicyclic) bond motifs is 1. The number of anilines is 3. The van der Waals surface area contributed by atoms with Crippen LogP contribution in [-0.4, -0.2) is 29.2 Å². The van der Waals surface area contributed by atoms with Gasteiger partial charge in [0, 0.05) is 17.9 Å². The van der Waals surface area contributed by atoms with E-state index in [2.05, 4.69) is 47.3 Å². The standard InChI is InChI=1S/C28H25N3O3/c1-18-5-10-22(11-6-18)30-15-3-4-21-16-20(9-14-25(21)30)17-24-26(28(33)34)29-31(27(24)32)23-12-7-19(2)8-13-23/h5-14,16-17H,3-4,15H2,1-2H3,(H,33,34). The van der Waals surface area contributed by atoms with Crippen molar-refractivity contribution in [3.63, 3.8) is 0 Å². The molecule has 0 unspecified atom stereocenters. The Hall–Kier alpha value is -4.19. The molecule has 3 aromatic carbocycles. The van der Waals surface area contributed by atoms with E-state index < -0.39 is 11.9 Å². The zero-order chi connectivity index (χ0) is 23.8. The van der Waals surface area contributed by atoms with Gasteiger partial charge in [0.05, 0.1) is 11.3 Å². The van der Waals surface area contributed by atoms with E-state index >= 15 is 0 Å². The third-order valence-corrected chi connectivity index (χ3v) is 6.24. The number of hydrogen-bond acceptors (Lipinski definition) is 4. The Kier molecular flexibility index (Phi) is 5.49. The zero-order valence-electron chi connectivity index (χ0n) is 19.2. The van der Waals surface area contributed by atoms with Gasteiger partial charge in [-0.05, 0) is 80.3 Å². The van der Waals surface area contributed by atoms with Gasteiger partial charge in [-0.2, -0.15) is 10.1 Å². The first-order valence-corrected chi connectivity index (χ1v) is 11.3. The normalized spacial score (nSPS) is 16.6. The summed E-state index contributed by atoms with van der Waals surface area (Å²) in [5.74, 6) is -1.67. The maximum atomic E-state index is 13.1. The van der Waals surface area contributed by atoms with E-state index in [0.29, 0.717) is 5.69 Å². The fraction of sp³-hybridized carbons (Fsp3) is 0.179. The molecule has 3 aromatic rings. The average Bonchev–Trinajstić information content (AvgIpc) is 3.16. The van der Waals surface area contributed by atoms with Crippen LogP contribution in [0.3, 0.4) is 0 Å². The number of aliphatic carboxylic acids is 1. The molecule has 2 heterocycles. The van der Waals surface area contributed by atoms with Crippen molar-refractivity contribution in [2.24, 2.45) is 5.10 Å². The first-order chi connectivity index (χ1) is 16.4. The molecule has 0 aliphatic carbocycles. The Morgan fingerprint density at radius 3 is 2.24 bits per heavy atom. The largest absolute Gasteiger partial charge is 0.476 e. The van der Waals surface area contributed by atoms with Crippen LogP contribution in [0, 0.1) is 13.8 Å². The zero-order valence-corrected chi connectivity index (χ0v) is 19.2. The van der Waals surface area contributed by atoms with E-state index in [1.807, 2.05) is 31.2 Å². The molecule has 5 rings (SSSR count). The molecule has 0 saturated carbocycles. The van der Waals surface area contributed by atoms with Crippen molar-refractivity contribution in [1.29, 1.82) is 0 Å². The second-order valence-corrected chi connectivity index (χ2v) is 8.74. The molecule has 6 nitrogen and oxygen atoms in total. The quantitative estimate of drug-likeness (QED) is 0.549. The van der Waals surface area contributed by atoms with Gasteiger partial charge in [0.25, 0.3) is 5.91 Å². The number of carbonyl (C=O) groups excluding carboxylic acids is 1. The number of rotatable bonds is 4. The highest BCUT2D eigenvalue weighted by Crippen LogP contribution is 2.35. The van der Waals surface area contributed by atoms with Crippen LogP contribution < -0.4 is 9.91 Å². The van der Waals surface area contributed by atoms with Gasteiger partial charge in [-0.15, -0.1) is 0 Å². The number of aryl methyl sites for hydroxylation is 3. The third-order valence-electron chi connectivity index (χ3n) is 6.24. The summed E-state index contributed by atoms with van der Waals surface area (Å²) in [5.41, 5.74) is 6.90. The van der Waals surface area contributed by atoms with E-state index in [9.17, 15) is 14.7 Å². The highest BCUT2D eigenvalue weighted by atomic mass is 16.4. The fourth-order valence-corrected chi connectivity index (χ4v) is 4.43. The molecule has 2 aliphatic rings. The molecule has 34 heavy (non-hydrogen) atoms. The minimum atomic E-state index is -1.22. The van der Waals surface area contributed by atoms with Crippen LogP contribution in [0.2, 0.25) is 0 Å². The minimum Gasteiger partial charge on any atom is -0.476 e. The van der Waals surface area contributed by atoms with Gasteiger partial charge in [0.1, 0.15) is 0 Å². The van der Waals surface area contributed by atoms with Crippen molar-refractivity contribution in [2.45, 2.75) is 26.7 Å². The summed E-state index contributed by atoms with van der Waals surface area (Å²) < 4.78 is 0. The first-order valence-electron chi connectivity index (χ1n) is 11.3. The van der Waals surface area contributed by atoms with Crippen molar-refractivity contribution in [1.82, 2.24) is 0 Å². The lowest BCUT2D eigenvalue weighted by Gasteiger charge is -2.31. The van der Waals surface area contributed by atoms with E-state index in [4.69, 9.17) is 0 Å². The van der Waals surface area contributed by atoms with Gasteiger partial charge < -0.3 is 10.0 Å². The van der Waals surface area contributed by atoms with Gasteiger partial charge in [-0.25, -0.2) is 4.79 Å². The number of carbonyl (C=O) groups is 2. The Balaban J connectivity index is 1.49. The summed E-state index contributed by atoms with van der Waals surface area (Å²) >= 11 is 0. The summed E-state index contributed by atoms with van der Waals surface area (Å²) in [6.07, 6.45) is 3.58. The predicted molar refractivity (Wildman–Crippen MR) is 135 cm³/mol. The molecule has 0 atom stereocenters. The smallest absolute Gasteiger partial charge is 0.357 e. The maximum absolute atomic E-state index is 13.1. The number of hydrogen-bond donors (Lipinski definition) is 1. The van der Waals surface area contributed by atoms with Gasteiger partial charge in [0.2, 0.25) is 0 Å². The molecule has 170 valence electrons. The van der Waals surface area contributed by atoms with E-state index in [-0.39, 0.29) is 11.3 Å². The molecule has 6 heteroatoms. The second-order valence-electron chi connectivity index (χ2n) is 8.74. The highest BCUT2D eigenvalue weighted by molar-refractivity contribution is 6.53. The van der Waals surface area contributed by atoms with Crippen molar-refractivity contribution in [3.05, 3.63) is 94.6 Å². The summed E-state index contributed by atoms with van der Waals surface area (Å²) in [5, 5.41) is 15.0. The first kappa shape index (κ1) is 21.6. The number of hydrazone groups is 1. The topological polar surface area (TPSA) is 73.2 Å². The van der Waals surface area contributed by atoms with Crippen molar-refractivity contribution >= 4 is 40.7 Å². The van der Waals surface area contributed by atoms with Crippen LogP contribution in [0.15, 0.2) is 77.4 Å². The molecule has 1 amide bonds. The molecule has 0 spiro atoms. The fourth-order valence-electron chi connectivity index (χ4n) is 4.43. The highest BCUT2D eigenvalue weighted by Gasteiger charge is 2.35. The lowest BCUT2D eigenvalue weighted by atomic mass is 9.97. The maximum Gasteiger partial charge on any atom is 0.357 e. The van der Waals surface area contributed by atoms with Crippen LogP contribution in [0.25, 0.3) is 6.08 Å². The SMILES string of the molecule is Cc1ccc(N2N=C(C(=O)O)C(=Cc3ccc4c(c3)CCCN4c3ccc(C)cc3)C2=O)cc1. The molecular weight excluding hydrogens is 426 g/mol. The number of benzene rings is 3. The number of carboxylic acids is 1.